The second kappa shape index (κ2) is 6.12. The lowest BCUT2D eigenvalue weighted by Gasteiger charge is -2.07. The van der Waals surface area contributed by atoms with Crippen LogP contribution < -0.4 is 5.32 Å². The maximum Gasteiger partial charge on any atom is 0.275 e. The van der Waals surface area contributed by atoms with E-state index in [0.29, 0.717) is 18.8 Å². The molecule has 20 heavy (non-hydrogen) atoms. The summed E-state index contributed by atoms with van der Waals surface area (Å²) in [6.07, 6.45) is 1.61. The number of furan rings is 1. The monoisotopic (exact) mass is 296 g/mol. The normalized spacial score (nSPS) is 11.9. The third-order valence-electron chi connectivity index (χ3n) is 2.60. The Bertz CT molecular complexity index is 652. The summed E-state index contributed by atoms with van der Waals surface area (Å²) in [5, 5.41) is 10.8. The largest absolute Gasteiger partial charge is 0.447 e. The van der Waals surface area contributed by atoms with E-state index in [0.717, 1.165) is 10.00 Å². The molecule has 2 rings (SSSR count). The summed E-state index contributed by atoms with van der Waals surface area (Å²) in [4.78, 5) is 0. The predicted molar refractivity (Wildman–Crippen MR) is 72.2 cm³/mol. The van der Waals surface area contributed by atoms with Gasteiger partial charge in [-0.15, -0.1) is 0 Å². The fourth-order valence-corrected chi connectivity index (χ4v) is 2.33. The quantitative estimate of drug-likeness (QED) is 0.840. The number of hydrogen-bond acceptors (Lipinski definition) is 6. The highest BCUT2D eigenvalue weighted by Gasteiger charge is 2.21. The van der Waals surface area contributed by atoms with E-state index in [2.05, 4.69) is 15.5 Å². The molecule has 2 heterocycles. The highest BCUT2D eigenvalue weighted by molar-refractivity contribution is 7.88. The average Bonchev–Trinajstić information content (AvgIpc) is 2.89. The van der Waals surface area contributed by atoms with Gasteiger partial charge in [0, 0.05) is 26.8 Å². The van der Waals surface area contributed by atoms with Crippen molar-refractivity contribution in [1.82, 2.24) is 19.8 Å². The summed E-state index contributed by atoms with van der Waals surface area (Å²) in [7, 11) is -0.592. The first kappa shape index (κ1) is 14.6. The highest BCUT2D eigenvalue weighted by atomic mass is 32.2. The van der Waals surface area contributed by atoms with Gasteiger partial charge in [-0.3, -0.25) is 0 Å². The van der Waals surface area contributed by atoms with Crippen LogP contribution in [0.4, 0.5) is 0 Å². The molecule has 0 radical (unpaired) electrons. The molecule has 0 aliphatic heterocycles. The molecule has 2 aromatic rings. The summed E-state index contributed by atoms with van der Waals surface area (Å²) in [6.45, 7) is 0.948. The predicted octanol–water partition coefficient (Wildman–Crippen LogP) is 0.610. The van der Waals surface area contributed by atoms with Crippen molar-refractivity contribution in [3.05, 3.63) is 41.9 Å². The molecule has 8 heteroatoms. The van der Waals surface area contributed by atoms with Gasteiger partial charge in [0.05, 0.1) is 12.2 Å². The lowest BCUT2D eigenvalue weighted by molar-refractivity contribution is 0.388. The number of rotatable bonds is 6. The fraction of sp³-hybridized carbons (Fsp3) is 0.333. The smallest absolute Gasteiger partial charge is 0.275 e. The standard InChI is InChI=1S/C12H16N4O3S/c1-16(2)20(17,18)12-6-5-11(19-12)9-13-8-10-4-3-7-14-15-10/h3-7,13H,8-9H2,1-2H3. The summed E-state index contributed by atoms with van der Waals surface area (Å²) < 4.78 is 30.1. The van der Waals surface area contributed by atoms with Gasteiger partial charge < -0.3 is 9.73 Å². The second-order valence-corrected chi connectivity index (χ2v) is 6.41. The van der Waals surface area contributed by atoms with E-state index >= 15 is 0 Å². The number of sulfonamides is 1. The zero-order chi connectivity index (χ0) is 14.6. The molecular formula is C12H16N4O3S. The van der Waals surface area contributed by atoms with Crippen LogP contribution in [0, 0.1) is 0 Å². The second-order valence-electron chi connectivity index (χ2n) is 4.33. The van der Waals surface area contributed by atoms with Crippen molar-refractivity contribution in [3.8, 4) is 0 Å². The Hall–Kier alpha value is -1.77. The number of nitrogens with zero attached hydrogens (tertiary/aromatic N) is 3. The van der Waals surface area contributed by atoms with Gasteiger partial charge in [-0.05, 0) is 24.3 Å². The molecule has 0 bridgehead atoms. The minimum atomic E-state index is -3.52. The van der Waals surface area contributed by atoms with Gasteiger partial charge in [0.1, 0.15) is 5.76 Å². The van der Waals surface area contributed by atoms with Gasteiger partial charge in [0.15, 0.2) is 0 Å². The van der Waals surface area contributed by atoms with Gasteiger partial charge in [0.2, 0.25) is 5.09 Å². The van der Waals surface area contributed by atoms with E-state index in [1.54, 1.807) is 18.3 Å². The topological polar surface area (TPSA) is 88.3 Å². The van der Waals surface area contributed by atoms with E-state index in [9.17, 15) is 8.42 Å². The van der Waals surface area contributed by atoms with Crippen molar-refractivity contribution in [3.63, 3.8) is 0 Å². The molecule has 0 spiro atoms. The lowest BCUT2D eigenvalue weighted by atomic mass is 10.4. The van der Waals surface area contributed by atoms with Gasteiger partial charge in [-0.1, -0.05) is 0 Å². The Kier molecular flexibility index (Phi) is 4.48. The highest BCUT2D eigenvalue weighted by Crippen LogP contribution is 2.16. The first-order valence-corrected chi connectivity index (χ1v) is 7.42. The summed E-state index contributed by atoms with van der Waals surface area (Å²) in [6, 6.07) is 6.75. The molecule has 1 N–H and O–H groups in total. The lowest BCUT2D eigenvalue weighted by Crippen LogP contribution is -2.21. The maximum absolute atomic E-state index is 11.8. The Labute approximate surface area is 117 Å². The van der Waals surface area contributed by atoms with Crippen LogP contribution in [-0.2, 0) is 23.1 Å². The van der Waals surface area contributed by atoms with Crippen molar-refractivity contribution in [1.29, 1.82) is 0 Å². The Morgan fingerprint density at radius 3 is 2.70 bits per heavy atom. The van der Waals surface area contributed by atoms with Gasteiger partial charge >= 0.3 is 0 Å². The summed E-state index contributed by atoms with van der Waals surface area (Å²) >= 11 is 0. The maximum atomic E-state index is 11.8. The van der Waals surface area contributed by atoms with Crippen LogP contribution in [0.1, 0.15) is 11.5 Å². The van der Waals surface area contributed by atoms with Gasteiger partial charge in [-0.2, -0.15) is 10.2 Å². The first-order chi connectivity index (χ1) is 9.50. The minimum Gasteiger partial charge on any atom is -0.447 e. The molecule has 0 saturated heterocycles. The van der Waals surface area contributed by atoms with Crippen molar-refractivity contribution in [2.45, 2.75) is 18.2 Å². The van der Waals surface area contributed by atoms with Crippen molar-refractivity contribution >= 4 is 10.0 Å². The third kappa shape index (κ3) is 3.41. The van der Waals surface area contributed by atoms with Crippen LogP contribution in [0.25, 0.3) is 0 Å². The van der Waals surface area contributed by atoms with Crippen molar-refractivity contribution < 1.29 is 12.8 Å². The van der Waals surface area contributed by atoms with Crippen molar-refractivity contribution in [2.75, 3.05) is 14.1 Å². The van der Waals surface area contributed by atoms with Crippen LogP contribution in [0.5, 0.6) is 0 Å². The molecule has 0 fully saturated rings. The SMILES string of the molecule is CN(C)S(=O)(=O)c1ccc(CNCc2cccnn2)o1. The van der Waals surface area contributed by atoms with Crippen LogP contribution in [0.15, 0.2) is 40.0 Å². The molecule has 0 unspecified atom stereocenters. The summed E-state index contributed by atoms with van der Waals surface area (Å²) in [5.74, 6) is 0.550. The minimum absolute atomic E-state index is 0.0567. The van der Waals surface area contributed by atoms with E-state index in [1.165, 1.54) is 20.2 Å². The fourth-order valence-electron chi connectivity index (χ4n) is 1.51. The van der Waals surface area contributed by atoms with Crippen LogP contribution in [-0.4, -0.2) is 37.0 Å². The zero-order valence-electron chi connectivity index (χ0n) is 11.3. The molecule has 108 valence electrons. The van der Waals surface area contributed by atoms with Crippen LogP contribution in [0.3, 0.4) is 0 Å². The zero-order valence-corrected chi connectivity index (χ0v) is 12.1. The number of nitrogens with one attached hydrogen (secondary N) is 1. The molecule has 0 atom stereocenters. The summed E-state index contributed by atoms with van der Waals surface area (Å²) in [5.41, 5.74) is 0.806. The van der Waals surface area contributed by atoms with Gasteiger partial charge in [0.25, 0.3) is 10.0 Å². The third-order valence-corrected chi connectivity index (χ3v) is 4.29. The van der Waals surface area contributed by atoms with Crippen LogP contribution in [0.2, 0.25) is 0 Å². The Morgan fingerprint density at radius 1 is 1.25 bits per heavy atom. The number of hydrogen-bond donors (Lipinski definition) is 1. The molecule has 0 aromatic carbocycles. The van der Waals surface area contributed by atoms with E-state index in [4.69, 9.17) is 4.42 Å². The first-order valence-electron chi connectivity index (χ1n) is 5.98. The van der Waals surface area contributed by atoms with E-state index in [1.807, 2.05) is 6.07 Å². The van der Waals surface area contributed by atoms with Crippen molar-refractivity contribution in [2.24, 2.45) is 0 Å². The Balaban J connectivity index is 1.94. The molecule has 7 nitrogen and oxygen atoms in total. The molecule has 0 aliphatic carbocycles. The molecule has 0 amide bonds. The van der Waals surface area contributed by atoms with Gasteiger partial charge in [-0.25, -0.2) is 12.7 Å². The van der Waals surface area contributed by atoms with E-state index < -0.39 is 10.0 Å². The average molecular weight is 296 g/mol. The molecule has 2 aromatic heterocycles. The Morgan fingerprint density at radius 2 is 2.05 bits per heavy atom. The molecule has 0 aliphatic rings. The number of aromatic nitrogens is 2. The molecular weight excluding hydrogens is 280 g/mol. The molecule has 0 saturated carbocycles. The van der Waals surface area contributed by atoms with E-state index in [-0.39, 0.29) is 5.09 Å². The van der Waals surface area contributed by atoms with Crippen LogP contribution >= 0.6 is 0 Å².